The minimum Gasteiger partial charge on any atom is -0.504 e. The van der Waals surface area contributed by atoms with E-state index in [2.05, 4.69) is 0 Å². The van der Waals surface area contributed by atoms with Crippen LogP contribution in [0.1, 0.15) is 57.4 Å². The van der Waals surface area contributed by atoms with Crippen LogP contribution >= 0.6 is 0 Å². The number of phenolic OH excluding ortho intramolecular Hbond substituents is 4. The fourth-order valence-corrected chi connectivity index (χ4v) is 7.06. The fourth-order valence-electron chi connectivity index (χ4n) is 7.06. The van der Waals surface area contributed by atoms with Gasteiger partial charge < -0.3 is 64.5 Å². The molecule has 0 saturated carbocycles. The summed E-state index contributed by atoms with van der Waals surface area (Å²) in [6.45, 7) is -1.06. The monoisotopic (exact) mass is 750 g/mol. The Morgan fingerprint density at radius 2 is 1.06 bits per heavy atom. The first-order valence-corrected chi connectivity index (χ1v) is 17.2. The Bertz CT molecular complexity index is 1940. The van der Waals surface area contributed by atoms with E-state index in [1.54, 1.807) is 24.3 Å². The SMILES string of the molecule is COc1cc(C(O)C(CO)c2cc(CC3COC(=O)C3Cc3cc(OC)c(O)c(C(CO)C(O)c4ccc(O)c(OC)c4)c3)cc(OC)c2O)ccc1O. The van der Waals surface area contributed by atoms with Gasteiger partial charge in [-0.15, -0.1) is 0 Å². The normalized spacial score (nSPS) is 17.7. The zero-order chi connectivity index (χ0) is 39.3. The molecule has 6 unspecified atom stereocenters. The molecule has 0 amide bonds. The third-order valence-corrected chi connectivity index (χ3v) is 10.1. The van der Waals surface area contributed by atoms with Crippen molar-refractivity contribution < 1.29 is 69.3 Å². The maximum Gasteiger partial charge on any atom is 0.309 e. The molecule has 0 aromatic heterocycles. The predicted octanol–water partition coefficient (Wildman–Crippen LogP) is 3.74. The second kappa shape index (κ2) is 17.2. The smallest absolute Gasteiger partial charge is 0.309 e. The average molecular weight is 751 g/mol. The van der Waals surface area contributed by atoms with E-state index in [4.69, 9.17) is 23.7 Å². The number of aliphatic hydroxyl groups excluding tert-OH is 4. The van der Waals surface area contributed by atoms with Crippen LogP contribution in [0.4, 0.5) is 0 Å². The van der Waals surface area contributed by atoms with Gasteiger partial charge in [0.2, 0.25) is 0 Å². The number of aromatic hydroxyl groups is 4. The highest BCUT2D eigenvalue weighted by Crippen LogP contribution is 2.45. The van der Waals surface area contributed by atoms with E-state index in [-0.39, 0.29) is 82.5 Å². The zero-order valence-electron chi connectivity index (χ0n) is 30.3. The summed E-state index contributed by atoms with van der Waals surface area (Å²) in [7, 11) is 5.45. The van der Waals surface area contributed by atoms with E-state index < -0.39 is 49.1 Å². The number of phenols is 4. The third kappa shape index (κ3) is 8.06. The lowest BCUT2D eigenvalue weighted by Crippen LogP contribution is -2.22. The van der Waals surface area contributed by atoms with Crippen molar-refractivity contribution in [2.75, 3.05) is 48.3 Å². The molecule has 4 aromatic carbocycles. The maximum absolute atomic E-state index is 13.2. The minimum absolute atomic E-state index is 0.0621. The van der Waals surface area contributed by atoms with E-state index >= 15 is 0 Å². The van der Waals surface area contributed by atoms with Crippen LogP contribution in [0.3, 0.4) is 0 Å². The molecule has 0 aliphatic carbocycles. The van der Waals surface area contributed by atoms with Crippen LogP contribution in [0.15, 0.2) is 60.7 Å². The zero-order valence-corrected chi connectivity index (χ0v) is 30.3. The first-order chi connectivity index (χ1) is 25.9. The van der Waals surface area contributed by atoms with Crippen LogP contribution in [-0.4, -0.2) is 95.1 Å². The van der Waals surface area contributed by atoms with Gasteiger partial charge in [-0.25, -0.2) is 0 Å². The lowest BCUT2D eigenvalue weighted by atomic mass is 9.82. The summed E-state index contributed by atoms with van der Waals surface area (Å²) in [6.07, 6.45) is -2.26. The van der Waals surface area contributed by atoms with Gasteiger partial charge in [0.1, 0.15) is 0 Å². The molecule has 4 aromatic rings. The number of methoxy groups -OCH3 is 4. The summed E-state index contributed by atoms with van der Waals surface area (Å²) in [6, 6.07) is 14.9. The Labute approximate surface area is 312 Å². The van der Waals surface area contributed by atoms with E-state index in [9.17, 15) is 45.6 Å². The number of carbonyl (C=O) groups is 1. The molecule has 14 nitrogen and oxygen atoms in total. The number of ether oxygens (including phenoxy) is 5. The van der Waals surface area contributed by atoms with Crippen molar-refractivity contribution in [2.45, 2.75) is 36.9 Å². The number of hydrogen-bond donors (Lipinski definition) is 8. The van der Waals surface area contributed by atoms with Gasteiger partial charge in [-0.1, -0.05) is 24.3 Å². The Kier molecular flexibility index (Phi) is 12.6. The molecule has 0 spiro atoms. The van der Waals surface area contributed by atoms with Crippen LogP contribution in [0.2, 0.25) is 0 Å². The van der Waals surface area contributed by atoms with Crippen LogP contribution < -0.4 is 18.9 Å². The van der Waals surface area contributed by atoms with Gasteiger partial charge in [-0.2, -0.15) is 0 Å². The highest BCUT2D eigenvalue weighted by molar-refractivity contribution is 5.75. The summed E-state index contributed by atoms with van der Waals surface area (Å²) in [5.41, 5.74) is 2.18. The molecule has 14 heteroatoms. The largest absolute Gasteiger partial charge is 0.504 e. The van der Waals surface area contributed by atoms with Gasteiger partial charge >= 0.3 is 5.97 Å². The number of esters is 1. The van der Waals surface area contributed by atoms with Crippen LogP contribution in [0.25, 0.3) is 0 Å². The second-order valence-electron chi connectivity index (χ2n) is 13.2. The van der Waals surface area contributed by atoms with Crippen molar-refractivity contribution in [3.8, 4) is 46.0 Å². The molecule has 1 heterocycles. The van der Waals surface area contributed by atoms with Gasteiger partial charge in [-0.3, -0.25) is 4.79 Å². The van der Waals surface area contributed by atoms with Crippen molar-refractivity contribution in [3.63, 3.8) is 0 Å². The molecule has 1 fully saturated rings. The summed E-state index contributed by atoms with van der Waals surface area (Å²) in [5, 5.41) is 85.9. The molecule has 1 aliphatic heterocycles. The van der Waals surface area contributed by atoms with Crippen molar-refractivity contribution in [3.05, 3.63) is 94.0 Å². The van der Waals surface area contributed by atoms with Gasteiger partial charge in [0.15, 0.2) is 46.0 Å². The molecule has 1 saturated heterocycles. The molecule has 8 N–H and O–H groups in total. The molecule has 5 rings (SSSR count). The number of hydrogen-bond acceptors (Lipinski definition) is 14. The number of cyclic esters (lactones) is 1. The van der Waals surface area contributed by atoms with E-state index in [0.717, 1.165) is 0 Å². The van der Waals surface area contributed by atoms with Crippen molar-refractivity contribution in [1.29, 1.82) is 0 Å². The summed E-state index contributed by atoms with van der Waals surface area (Å²) in [4.78, 5) is 13.2. The Hall–Kier alpha value is -5.41. The molecule has 54 heavy (non-hydrogen) atoms. The van der Waals surface area contributed by atoms with Gasteiger partial charge in [0.25, 0.3) is 0 Å². The minimum atomic E-state index is -1.34. The molecule has 290 valence electrons. The average Bonchev–Trinajstić information content (AvgIpc) is 3.51. The highest BCUT2D eigenvalue weighted by Gasteiger charge is 2.38. The lowest BCUT2D eigenvalue weighted by Gasteiger charge is -2.26. The van der Waals surface area contributed by atoms with Gasteiger partial charge in [-0.05, 0) is 71.5 Å². The third-order valence-electron chi connectivity index (χ3n) is 10.1. The van der Waals surface area contributed by atoms with Gasteiger partial charge in [0.05, 0.1) is 66.4 Å². The van der Waals surface area contributed by atoms with Crippen molar-refractivity contribution in [1.82, 2.24) is 0 Å². The molecule has 6 atom stereocenters. The number of benzene rings is 4. The lowest BCUT2D eigenvalue weighted by molar-refractivity contribution is -0.141. The fraction of sp³-hybridized carbons (Fsp3) is 0.375. The van der Waals surface area contributed by atoms with Crippen LogP contribution in [-0.2, 0) is 22.4 Å². The molecular formula is C40H46O14. The number of aliphatic hydroxyl groups is 4. The molecule has 1 aliphatic rings. The molecule has 0 radical (unpaired) electrons. The van der Waals surface area contributed by atoms with Crippen molar-refractivity contribution in [2.24, 2.45) is 11.8 Å². The van der Waals surface area contributed by atoms with Crippen LogP contribution in [0.5, 0.6) is 46.0 Å². The van der Waals surface area contributed by atoms with E-state index in [0.29, 0.717) is 22.3 Å². The Morgan fingerprint density at radius 3 is 1.46 bits per heavy atom. The predicted molar refractivity (Wildman–Crippen MR) is 194 cm³/mol. The summed E-state index contributed by atoms with van der Waals surface area (Å²) < 4.78 is 26.7. The van der Waals surface area contributed by atoms with Crippen molar-refractivity contribution >= 4 is 5.97 Å². The quantitative estimate of drug-likeness (QED) is 0.0765. The van der Waals surface area contributed by atoms with E-state index in [1.165, 1.54) is 64.8 Å². The van der Waals surface area contributed by atoms with E-state index in [1.807, 2.05) is 0 Å². The summed E-state index contributed by atoms with van der Waals surface area (Å²) >= 11 is 0. The standard InChI is InChI=1S/C40H46O14/c1-50-32-15-22(5-7-30(32)43)36(45)28(17-41)26-11-20(13-34(52-3)38(26)47)9-24-19-54-40(49)25(24)10-21-12-27(39(48)35(14-21)53-4)29(18-42)37(46)23-6-8-31(44)33(16-23)51-2/h5-8,11-16,24-25,28-29,36-37,41-48H,9-10,17-19H2,1-4H3. The Morgan fingerprint density at radius 1 is 0.630 bits per heavy atom. The van der Waals surface area contributed by atoms with Crippen LogP contribution in [0, 0.1) is 11.8 Å². The Balaban J connectivity index is 1.45. The second-order valence-corrected chi connectivity index (χ2v) is 13.2. The van der Waals surface area contributed by atoms with Gasteiger partial charge in [0, 0.05) is 28.9 Å². The topological polar surface area (TPSA) is 225 Å². The number of rotatable bonds is 16. The first kappa shape index (κ1) is 39.8. The highest BCUT2D eigenvalue weighted by atomic mass is 16.5. The maximum atomic E-state index is 13.2. The number of carbonyl (C=O) groups excluding carboxylic acids is 1. The summed E-state index contributed by atoms with van der Waals surface area (Å²) in [5.74, 6) is -4.06. The first-order valence-electron chi connectivity index (χ1n) is 17.2. The molecule has 0 bridgehead atoms. The molecular weight excluding hydrogens is 704 g/mol.